The number of likely N-dealkylation sites (tertiary alicyclic amines) is 1. The molecule has 0 aromatic heterocycles. The number of hydrogen-bond donors (Lipinski definition) is 0. The van der Waals surface area contributed by atoms with Crippen LogP contribution in [0.2, 0.25) is 0 Å². The highest BCUT2D eigenvalue weighted by molar-refractivity contribution is 5.86. The van der Waals surface area contributed by atoms with Gasteiger partial charge in [-0.2, -0.15) is 0 Å². The van der Waals surface area contributed by atoms with Crippen molar-refractivity contribution < 1.29 is 4.39 Å². The summed E-state index contributed by atoms with van der Waals surface area (Å²) in [5, 5.41) is 2.10. The van der Waals surface area contributed by atoms with E-state index in [9.17, 15) is 4.39 Å². The van der Waals surface area contributed by atoms with Crippen molar-refractivity contribution in [2.75, 3.05) is 38.1 Å². The van der Waals surface area contributed by atoms with Crippen LogP contribution in [0.3, 0.4) is 0 Å². The van der Waals surface area contributed by atoms with Gasteiger partial charge in [0.15, 0.2) is 0 Å². The molecule has 20 heavy (non-hydrogen) atoms. The lowest BCUT2D eigenvalue weighted by molar-refractivity contribution is 0.387. The van der Waals surface area contributed by atoms with E-state index in [0.29, 0.717) is 0 Å². The molecule has 0 spiro atoms. The second-order valence-electron chi connectivity index (χ2n) is 6.32. The van der Waals surface area contributed by atoms with Crippen LogP contribution in [0.5, 0.6) is 0 Å². The van der Waals surface area contributed by atoms with Crippen LogP contribution >= 0.6 is 0 Å². The molecule has 0 N–H and O–H groups in total. The van der Waals surface area contributed by atoms with Gasteiger partial charge in [0.1, 0.15) is 5.82 Å². The van der Waals surface area contributed by atoms with E-state index in [-0.39, 0.29) is 5.82 Å². The van der Waals surface area contributed by atoms with Gasteiger partial charge in [-0.15, -0.1) is 0 Å². The maximum atomic E-state index is 13.2. The average Bonchev–Trinajstić information content (AvgIpc) is 2.95. The van der Waals surface area contributed by atoms with Crippen molar-refractivity contribution in [2.24, 2.45) is 11.8 Å². The van der Waals surface area contributed by atoms with E-state index in [2.05, 4.69) is 29.0 Å². The highest BCUT2D eigenvalue weighted by Crippen LogP contribution is 2.34. The van der Waals surface area contributed by atoms with Crippen LogP contribution in [0.15, 0.2) is 36.4 Å². The summed E-state index contributed by atoms with van der Waals surface area (Å²) in [4.78, 5) is 4.93. The number of nitrogens with zero attached hydrogens (tertiary/aromatic N) is 2. The van der Waals surface area contributed by atoms with E-state index >= 15 is 0 Å². The van der Waals surface area contributed by atoms with Crippen LogP contribution in [0.4, 0.5) is 10.1 Å². The minimum Gasteiger partial charge on any atom is -0.371 e. The van der Waals surface area contributed by atoms with Gasteiger partial charge in [-0.3, -0.25) is 0 Å². The fraction of sp³-hybridized carbons (Fsp3) is 0.412. The van der Waals surface area contributed by atoms with Gasteiger partial charge in [-0.25, -0.2) is 4.39 Å². The van der Waals surface area contributed by atoms with Gasteiger partial charge in [0.2, 0.25) is 0 Å². The van der Waals surface area contributed by atoms with Crippen molar-refractivity contribution in [2.45, 2.75) is 0 Å². The summed E-state index contributed by atoms with van der Waals surface area (Å²) in [6.45, 7) is 4.75. The van der Waals surface area contributed by atoms with E-state index in [1.54, 1.807) is 12.1 Å². The van der Waals surface area contributed by atoms with E-state index in [4.69, 9.17) is 0 Å². The summed E-state index contributed by atoms with van der Waals surface area (Å²) < 4.78 is 13.2. The fourth-order valence-electron chi connectivity index (χ4n) is 3.84. The molecule has 0 radical (unpaired) electrons. The first-order valence-electron chi connectivity index (χ1n) is 7.32. The normalized spacial score (nSPS) is 26.4. The van der Waals surface area contributed by atoms with Crippen molar-refractivity contribution in [3.63, 3.8) is 0 Å². The van der Waals surface area contributed by atoms with Crippen molar-refractivity contribution >= 4 is 16.5 Å². The van der Waals surface area contributed by atoms with Crippen LogP contribution in [-0.4, -0.2) is 38.1 Å². The molecule has 0 bridgehead atoms. The third kappa shape index (κ3) is 1.97. The monoisotopic (exact) mass is 270 g/mol. The van der Waals surface area contributed by atoms with E-state index in [1.165, 1.54) is 18.8 Å². The molecule has 2 unspecified atom stereocenters. The van der Waals surface area contributed by atoms with Gasteiger partial charge < -0.3 is 9.80 Å². The maximum absolute atomic E-state index is 13.2. The predicted molar refractivity (Wildman–Crippen MR) is 80.6 cm³/mol. The van der Waals surface area contributed by atoms with Gasteiger partial charge in [0.05, 0.1) is 0 Å². The molecule has 2 aromatic rings. The zero-order chi connectivity index (χ0) is 13.7. The van der Waals surface area contributed by atoms with Gasteiger partial charge >= 0.3 is 0 Å². The third-order valence-corrected chi connectivity index (χ3v) is 4.82. The molecule has 2 heterocycles. The number of fused-ring (bicyclic) bond motifs is 2. The van der Waals surface area contributed by atoms with Crippen molar-refractivity contribution in [1.82, 2.24) is 4.90 Å². The molecule has 3 heteroatoms. The lowest BCUT2D eigenvalue weighted by Crippen LogP contribution is -2.26. The van der Waals surface area contributed by atoms with Crippen molar-refractivity contribution in [3.05, 3.63) is 42.2 Å². The number of benzene rings is 2. The zero-order valence-electron chi connectivity index (χ0n) is 11.7. The zero-order valence-corrected chi connectivity index (χ0v) is 11.7. The molecular formula is C17H19FN2. The third-order valence-electron chi connectivity index (χ3n) is 4.82. The Morgan fingerprint density at radius 2 is 1.55 bits per heavy atom. The molecule has 0 amide bonds. The van der Waals surface area contributed by atoms with E-state index in [1.807, 2.05) is 12.1 Å². The first-order valence-corrected chi connectivity index (χ1v) is 7.32. The van der Waals surface area contributed by atoms with Gasteiger partial charge in [0.25, 0.3) is 0 Å². The molecule has 0 aliphatic carbocycles. The standard InChI is InChI=1S/C17H19FN2/c1-19-8-14-10-20(11-15(14)9-19)17-5-3-12-6-16(18)4-2-13(12)7-17/h2-7,14-15H,8-11H2,1H3. The molecule has 2 aromatic carbocycles. The summed E-state index contributed by atoms with van der Waals surface area (Å²) in [5.41, 5.74) is 1.28. The molecule has 2 saturated heterocycles. The Morgan fingerprint density at radius 1 is 0.900 bits per heavy atom. The Hall–Kier alpha value is -1.61. The molecule has 0 saturated carbocycles. The van der Waals surface area contributed by atoms with Gasteiger partial charge in [-0.05, 0) is 53.9 Å². The fourth-order valence-corrected chi connectivity index (χ4v) is 3.84. The van der Waals surface area contributed by atoms with Gasteiger partial charge in [-0.1, -0.05) is 12.1 Å². The lowest BCUT2D eigenvalue weighted by atomic mass is 10.0. The number of rotatable bonds is 1. The quantitative estimate of drug-likeness (QED) is 0.786. The Bertz CT molecular complexity index is 640. The molecule has 2 atom stereocenters. The summed E-state index contributed by atoms with van der Waals surface area (Å²) in [6, 6.07) is 11.4. The number of anilines is 1. The van der Waals surface area contributed by atoms with Crippen molar-refractivity contribution in [3.8, 4) is 0 Å². The SMILES string of the molecule is CN1CC2CN(c3ccc4cc(F)ccc4c3)CC2C1. The predicted octanol–water partition coefficient (Wildman–Crippen LogP) is 2.98. The Balaban J connectivity index is 1.62. The Morgan fingerprint density at radius 3 is 2.30 bits per heavy atom. The average molecular weight is 270 g/mol. The lowest BCUT2D eigenvalue weighted by Gasteiger charge is -2.21. The topological polar surface area (TPSA) is 6.48 Å². The minimum absolute atomic E-state index is 0.163. The minimum atomic E-state index is -0.163. The smallest absolute Gasteiger partial charge is 0.123 e. The van der Waals surface area contributed by atoms with E-state index in [0.717, 1.165) is 35.7 Å². The largest absolute Gasteiger partial charge is 0.371 e. The summed E-state index contributed by atoms with van der Waals surface area (Å²) in [6.07, 6.45) is 0. The molecule has 2 aliphatic heterocycles. The highest BCUT2D eigenvalue weighted by atomic mass is 19.1. The molecule has 2 aliphatic rings. The first kappa shape index (κ1) is 12.2. The Kier molecular flexibility index (Phi) is 2.71. The van der Waals surface area contributed by atoms with E-state index < -0.39 is 0 Å². The Labute approximate surface area is 118 Å². The van der Waals surface area contributed by atoms with Crippen LogP contribution in [0.25, 0.3) is 10.8 Å². The molecule has 4 rings (SSSR count). The first-order chi connectivity index (χ1) is 9.69. The molecule has 2 nitrogen and oxygen atoms in total. The van der Waals surface area contributed by atoms with Crippen LogP contribution in [-0.2, 0) is 0 Å². The maximum Gasteiger partial charge on any atom is 0.123 e. The number of hydrogen-bond acceptors (Lipinski definition) is 2. The molecule has 2 fully saturated rings. The molecular weight excluding hydrogens is 251 g/mol. The summed E-state index contributed by atoms with van der Waals surface area (Å²) >= 11 is 0. The van der Waals surface area contributed by atoms with Crippen LogP contribution in [0.1, 0.15) is 0 Å². The molecule has 104 valence electrons. The van der Waals surface area contributed by atoms with Crippen LogP contribution < -0.4 is 4.90 Å². The van der Waals surface area contributed by atoms with Crippen molar-refractivity contribution in [1.29, 1.82) is 0 Å². The highest BCUT2D eigenvalue weighted by Gasteiger charge is 2.38. The second-order valence-corrected chi connectivity index (χ2v) is 6.32. The van der Waals surface area contributed by atoms with Gasteiger partial charge in [0, 0.05) is 31.9 Å². The number of halogens is 1. The second kappa shape index (κ2) is 4.45. The van der Waals surface area contributed by atoms with Crippen LogP contribution in [0, 0.1) is 17.7 Å². The summed E-state index contributed by atoms with van der Waals surface area (Å²) in [5.74, 6) is 1.46. The summed E-state index contributed by atoms with van der Waals surface area (Å²) in [7, 11) is 2.22.